The van der Waals surface area contributed by atoms with Crippen LogP contribution >= 0.6 is 7.60 Å². The zero-order valence-electron chi connectivity index (χ0n) is 28.2. The molecule has 248 valence electrons. The van der Waals surface area contributed by atoms with Gasteiger partial charge in [0.2, 0.25) is 5.82 Å². The molecule has 0 unspecified atom stereocenters. The number of ether oxygens (including phenoxy) is 1. The van der Waals surface area contributed by atoms with Gasteiger partial charge in [0, 0.05) is 0 Å². The minimum absolute atomic E-state index is 0.0321. The Kier molecular flexibility index (Phi) is 16.5. The molecule has 1 aliphatic rings. The molecule has 1 aromatic carbocycles. The van der Waals surface area contributed by atoms with Gasteiger partial charge in [-0.25, -0.2) is 4.39 Å². The van der Waals surface area contributed by atoms with Crippen LogP contribution in [0.1, 0.15) is 156 Å². The first-order valence-electron chi connectivity index (χ1n) is 17.0. The normalized spacial score (nSPS) is 18.1. The summed E-state index contributed by atoms with van der Waals surface area (Å²) in [4.78, 5) is 0. The number of rotatable bonds is 20. The van der Waals surface area contributed by atoms with Crippen LogP contribution in [0.3, 0.4) is 0 Å². The van der Waals surface area contributed by atoms with Crippen LogP contribution in [0.15, 0.2) is 24.8 Å². The number of benzene rings is 1. The maximum atomic E-state index is 14.9. The molecular formula is C36H61F2O4P. The van der Waals surface area contributed by atoms with Crippen molar-refractivity contribution < 1.29 is 27.1 Å². The van der Waals surface area contributed by atoms with Gasteiger partial charge in [0.1, 0.15) is 0 Å². The topological polar surface area (TPSA) is 44.8 Å². The van der Waals surface area contributed by atoms with E-state index in [-0.39, 0.29) is 11.7 Å². The van der Waals surface area contributed by atoms with Crippen molar-refractivity contribution in [2.45, 2.75) is 161 Å². The first-order chi connectivity index (χ1) is 20.2. The maximum Gasteiger partial charge on any atom is 0.331 e. The van der Waals surface area contributed by atoms with Gasteiger partial charge in [-0.05, 0) is 116 Å². The fraction of sp³-hybridized carbons (Fsp3) is 0.778. The second-order valence-corrected chi connectivity index (χ2v) is 16.5. The molecule has 0 N–H and O–H groups in total. The maximum absolute atomic E-state index is 14.9. The summed E-state index contributed by atoms with van der Waals surface area (Å²) in [7, 11) is -3.14. The van der Waals surface area contributed by atoms with E-state index in [0.29, 0.717) is 24.3 Å². The number of allylic oxidation sites excluding steroid dienone is 1. The standard InChI is InChI=1S/C36H61F2O4P/c1-8-9-17-20-29-21-23-30(24-22-29)31-25-26-32(34(38)33(31)37)40-27-18-15-13-11-10-12-14-16-19-28-43(39,41-35(2,3)4)42-36(5,6)7/h8,25-26,29-30H,1,9-24,27-28H2,2-7H3. The van der Waals surface area contributed by atoms with E-state index in [0.717, 1.165) is 89.9 Å². The van der Waals surface area contributed by atoms with Crippen molar-refractivity contribution in [2.24, 2.45) is 5.92 Å². The second kappa shape index (κ2) is 18.7. The Morgan fingerprint density at radius 3 is 1.86 bits per heavy atom. The van der Waals surface area contributed by atoms with Gasteiger partial charge in [0.25, 0.3) is 0 Å². The first kappa shape index (κ1) is 38.0. The minimum Gasteiger partial charge on any atom is -0.490 e. The highest BCUT2D eigenvalue weighted by Crippen LogP contribution is 2.55. The van der Waals surface area contributed by atoms with Crippen molar-refractivity contribution in [1.29, 1.82) is 0 Å². The molecule has 0 aromatic heterocycles. The zero-order chi connectivity index (χ0) is 31.9. The lowest BCUT2D eigenvalue weighted by molar-refractivity contribution is 0.0491. The highest BCUT2D eigenvalue weighted by molar-refractivity contribution is 7.53. The van der Waals surface area contributed by atoms with Crippen LogP contribution in [0.5, 0.6) is 5.75 Å². The van der Waals surface area contributed by atoms with Gasteiger partial charge in [0.05, 0.1) is 24.0 Å². The van der Waals surface area contributed by atoms with E-state index in [4.69, 9.17) is 13.8 Å². The Morgan fingerprint density at radius 2 is 1.33 bits per heavy atom. The summed E-state index contributed by atoms with van der Waals surface area (Å²) in [6.45, 7) is 15.6. The summed E-state index contributed by atoms with van der Waals surface area (Å²) in [5, 5.41) is 0. The molecule has 0 saturated heterocycles. The van der Waals surface area contributed by atoms with E-state index >= 15 is 0 Å². The molecule has 1 fully saturated rings. The van der Waals surface area contributed by atoms with Gasteiger partial charge < -0.3 is 13.8 Å². The molecule has 1 aromatic rings. The summed E-state index contributed by atoms with van der Waals surface area (Å²) in [5.41, 5.74) is -0.504. The lowest BCUT2D eigenvalue weighted by atomic mass is 9.77. The first-order valence-corrected chi connectivity index (χ1v) is 18.7. The average molecular weight is 627 g/mol. The van der Waals surface area contributed by atoms with Crippen LogP contribution in [-0.4, -0.2) is 24.0 Å². The van der Waals surface area contributed by atoms with Gasteiger partial charge in [0.15, 0.2) is 11.6 Å². The summed E-state index contributed by atoms with van der Waals surface area (Å²) in [5.74, 6) is -0.724. The van der Waals surface area contributed by atoms with E-state index in [9.17, 15) is 13.3 Å². The summed E-state index contributed by atoms with van der Waals surface area (Å²) in [6.07, 6.45) is 19.2. The molecule has 0 heterocycles. The van der Waals surface area contributed by atoms with E-state index < -0.39 is 30.4 Å². The molecule has 7 heteroatoms. The van der Waals surface area contributed by atoms with Crippen molar-refractivity contribution >= 4 is 7.60 Å². The smallest absolute Gasteiger partial charge is 0.331 e. The third kappa shape index (κ3) is 15.6. The number of unbranched alkanes of at least 4 members (excludes halogenated alkanes) is 9. The molecule has 43 heavy (non-hydrogen) atoms. The Balaban J connectivity index is 1.57. The second-order valence-electron chi connectivity index (χ2n) is 14.5. The lowest BCUT2D eigenvalue weighted by Gasteiger charge is -2.32. The highest BCUT2D eigenvalue weighted by Gasteiger charge is 2.34. The molecule has 0 amide bonds. The van der Waals surface area contributed by atoms with Crippen molar-refractivity contribution in [1.82, 2.24) is 0 Å². The van der Waals surface area contributed by atoms with Crippen LogP contribution in [0.4, 0.5) is 8.78 Å². The van der Waals surface area contributed by atoms with Crippen molar-refractivity contribution in [3.8, 4) is 5.75 Å². The summed E-state index contributed by atoms with van der Waals surface area (Å²) in [6, 6.07) is 3.36. The Labute approximate surface area is 262 Å². The molecule has 4 nitrogen and oxygen atoms in total. The van der Waals surface area contributed by atoms with Crippen molar-refractivity contribution in [3.63, 3.8) is 0 Å². The molecule has 0 radical (unpaired) electrons. The molecule has 0 aliphatic heterocycles. The Hall–Kier alpha value is -1.23. The van der Waals surface area contributed by atoms with Crippen LogP contribution in [0.2, 0.25) is 0 Å². The molecule has 0 spiro atoms. The fourth-order valence-corrected chi connectivity index (χ4v) is 8.56. The molecule has 0 atom stereocenters. The Morgan fingerprint density at radius 1 is 0.791 bits per heavy atom. The predicted molar refractivity (Wildman–Crippen MR) is 176 cm³/mol. The highest BCUT2D eigenvalue weighted by atomic mass is 31.2. The van der Waals surface area contributed by atoms with E-state index in [1.54, 1.807) is 12.1 Å². The van der Waals surface area contributed by atoms with Gasteiger partial charge in [-0.15, -0.1) is 6.58 Å². The molecule has 2 rings (SSSR count). The van der Waals surface area contributed by atoms with Crippen LogP contribution < -0.4 is 4.74 Å². The third-order valence-corrected chi connectivity index (χ3v) is 10.6. The number of hydrogen-bond donors (Lipinski definition) is 0. The third-order valence-electron chi connectivity index (χ3n) is 8.04. The zero-order valence-corrected chi connectivity index (χ0v) is 29.1. The SMILES string of the molecule is C=CCCCC1CCC(c2ccc(OCCCCCCCCCCCP(=O)(OC(C)(C)C)OC(C)(C)C)c(F)c2F)CC1. The van der Waals surface area contributed by atoms with Crippen molar-refractivity contribution in [2.75, 3.05) is 12.8 Å². The van der Waals surface area contributed by atoms with E-state index in [1.807, 2.05) is 47.6 Å². The van der Waals surface area contributed by atoms with Crippen LogP contribution in [-0.2, 0) is 13.6 Å². The number of halogens is 2. The minimum atomic E-state index is -3.14. The lowest BCUT2D eigenvalue weighted by Crippen LogP contribution is -2.24. The quantitative estimate of drug-likeness (QED) is 0.0820. The van der Waals surface area contributed by atoms with Crippen LogP contribution in [0.25, 0.3) is 0 Å². The predicted octanol–water partition coefficient (Wildman–Crippen LogP) is 12.3. The monoisotopic (exact) mass is 626 g/mol. The van der Waals surface area contributed by atoms with E-state index in [2.05, 4.69) is 6.58 Å². The largest absolute Gasteiger partial charge is 0.490 e. The van der Waals surface area contributed by atoms with Gasteiger partial charge >= 0.3 is 7.60 Å². The van der Waals surface area contributed by atoms with Gasteiger partial charge in [-0.3, -0.25) is 4.57 Å². The molecule has 1 saturated carbocycles. The van der Waals surface area contributed by atoms with Crippen molar-refractivity contribution in [3.05, 3.63) is 42.0 Å². The Bertz CT molecular complexity index is 970. The summed E-state index contributed by atoms with van der Waals surface area (Å²) >= 11 is 0. The summed E-state index contributed by atoms with van der Waals surface area (Å²) < 4.78 is 60.3. The van der Waals surface area contributed by atoms with Crippen LogP contribution in [0, 0.1) is 17.6 Å². The fourth-order valence-electron chi connectivity index (χ4n) is 6.06. The molecule has 1 aliphatic carbocycles. The van der Waals surface area contributed by atoms with Gasteiger partial charge in [-0.2, -0.15) is 4.39 Å². The molecule has 0 bridgehead atoms. The molecular weight excluding hydrogens is 565 g/mol. The number of hydrogen-bond acceptors (Lipinski definition) is 4. The average Bonchev–Trinajstić information content (AvgIpc) is 2.90. The van der Waals surface area contributed by atoms with Gasteiger partial charge in [-0.1, -0.05) is 63.5 Å². The van der Waals surface area contributed by atoms with E-state index in [1.165, 1.54) is 12.8 Å².